The Morgan fingerprint density at radius 2 is 1.36 bits per heavy atom. The monoisotopic (exact) mass is 315 g/mol. The Morgan fingerprint density at radius 3 is 1.68 bits per heavy atom. The minimum atomic E-state index is -0.816. The number of nitrogens with zero attached hydrogens (tertiary/aromatic N) is 1. The fourth-order valence-corrected chi connectivity index (χ4v) is 2.32. The summed E-state index contributed by atoms with van der Waals surface area (Å²) in [5.41, 5.74) is -0.724. The highest BCUT2D eigenvalue weighted by Gasteiger charge is 2.47. The van der Waals surface area contributed by atoms with Crippen molar-refractivity contribution < 1.29 is 28.6 Å². The van der Waals surface area contributed by atoms with Gasteiger partial charge in [0.15, 0.2) is 0 Å². The third kappa shape index (κ3) is 4.61. The van der Waals surface area contributed by atoms with E-state index in [0.717, 1.165) is 4.90 Å². The number of hydrogen-bond donors (Lipinski definition) is 0. The molecule has 1 saturated heterocycles. The van der Waals surface area contributed by atoms with Crippen LogP contribution < -0.4 is 0 Å². The summed E-state index contributed by atoms with van der Waals surface area (Å²) in [6, 6.07) is -1.63. The normalized spacial score (nSPS) is 21.4. The summed E-state index contributed by atoms with van der Waals surface area (Å²) in [6.45, 7) is 8.96. The van der Waals surface area contributed by atoms with Crippen LogP contribution in [0.3, 0.4) is 0 Å². The molecule has 0 aromatic heterocycles. The highest BCUT2D eigenvalue weighted by molar-refractivity contribution is 5.88. The number of ether oxygens (including phenoxy) is 3. The van der Waals surface area contributed by atoms with Gasteiger partial charge in [0.2, 0.25) is 0 Å². The summed E-state index contributed by atoms with van der Waals surface area (Å²) < 4.78 is 15.3. The SMILES string of the molecule is CCOC(=O)[C@H]1CC[C@H](C(=O)OCC)N1C(=O)OC(C)(C)C. The summed E-state index contributed by atoms with van der Waals surface area (Å²) >= 11 is 0. The van der Waals surface area contributed by atoms with E-state index in [9.17, 15) is 14.4 Å². The average molecular weight is 315 g/mol. The van der Waals surface area contributed by atoms with Crippen LogP contribution in [-0.4, -0.2) is 53.8 Å². The molecule has 0 unspecified atom stereocenters. The molecule has 1 rings (SSSR count). The molecule has 1 aliphatic rings. The van der Waals surface area contributed by atoms with Crippen LogP contribution in [0.2, 0.25) is 0 Å². The number of carbonyl (C=O) groups is 3. The molecule has 7 nitrogen and oxygen atoms in total. The van der Waals surface area contributed by atoms with Gasteiger partial charge in [0, 0.05) is 0 Å². The van der Waals surface area contributed by atoms with Gasteiger partial charge in [0.05, 0.1) is 13.2 Å². The van der Waals surface area contributed by atoms with E-state index >= 15 is 0 Å². The third-order valence-corrected chi connectivity index (χ3v) is 3.11. The smallest absolute Gasteiger partial charge is 0.411 e. The van der Waals surface area contributed by atoms with E-state index in [-0.39, 0.29) is 13.2 Å². The largest absolute Gasteiger partial charge is 0.464 e. The lowest BCUT2D eigenvalue weighted by Crippen LogP contribution is -2.50. The van der Waals surface area contributed by atoms with Crippen molar-refractivity contribution >= 4 is 18.0 Å². The molecule has 0 N–H and O–H groups in total. The molecule has 1 amide bonds. The quantitative estimate of drug-likeness (QED) is 0.582. The average Bonchev–Trinajstić information content (AvgIpc) is 2.82. The molecule has 2 atom stereocenters. The van der Waals surface area contributed by atoms with Gasteiger partial charge in [-0.15, -0.1) is 0 Å². The molecular formula is C15H25NO6. The van der Waals surface area contributed by atoms with Crippen LogP contribution >= 0.6 is 0 Å². The number of amides is 1. The maximum absolute atomic E-state index is 12.4. The van der Waals surface area contributed by atoms with Crippen molar-refractivity contribution in [3.63, 3.8) is 0 Å². The maximum atomic E-state index is 12.4. The fraction of sp³-hybridized carbons (Fsp3) is 0.800. The van der Waals surface area contributed by atoms with Crippen molar-refractivity contribution in [3.8, 4) is 0 Å². The van der Waals surface area contributed by atoms with Gasteiger partial charge in [0.1, 0.15) is 17.7 Å². The molecule has 22 heavy (non-hydrogen) atoms. The summed E-state index contributed by atoms with van der Waals surface area (Å²) in [4.78, 5) is 37.6. The van der Waals surface area contributed by atoms with E-state index in [0.29, 0.717) is 12.8 Å². The minimum absolute atomic E-state index is 0.210. The Morgan fingerprint density at radius 1 is 0.955 bits per heavy atom. The molecule has 0 spiro atoms. The van der Waals surface area contributed by atoms with Crippen molar-refractivity contribution in [3.05, 3.63) is 0 Å². The molecule has 0 aromatic rings. The summed E-state index contributed by atoms with van der Waals surface area (Å²) in [6.07, 6.45) is -0.00978. The second kappa shape index (κ2) is 7.47. The second-order valence-corrected chi connectivity index (χ2v) is 6.00. The summed E-state index contributed by atoms with van der Waals surface area (Å²) in [7, 11) is 0. The zero-order valence-corrected chi connectivity index (χ0v) is 13.9. The first-order valence-electron chi connectivity index (χ1n) is 7.55. The first-order chi connectivity index (χ1) is 10.2. The van der Waals surface area contributed by atoms with Crippen LogP contribution in [0.25, 0.3) is 0 Å². The standard InChI is InChI=1S/C15H25NO6/c1-6-20-12(17)10-8-9-11(13(18)21-7-2)16(10)14(19)22-15(3,4)5/h10-11H,6-9H2,1-5H3/t10-,11-/m1/s1. The molecule has 0 radical (unpaired) electrons. The van der Waals surface area contributed by atoms with Crippen molar-refractivity contribution in [1.82, 2.24) is 4.90 Å². The van der Waals surface area contributed by atoms with Crippen LogP contribution in [0, 0.1) is 0 Å². The van der Waals surface area contributed by atoms with Crippen molar-refractivity contribution in [2.45, 2.75) is 65.1 Å². The van der Waals surface area contributed by atoms with E-state index in [1.54, 1.807) is 34.6 Å². The van der Waals surface area contributed by atoms with Crippen LogP contribution in [0.5, 0.6) is 0 Å². The molecule has 7 heteroatoms. The van der Waals surface area contributed by atoms with E-state index < -0.39 is 35.7 Å². The highest BCUT2D eigenvalue weighted by Crippen LogP contribution is 2.28. The fourth-order valence-electron chi connectivity index (χ4n) is 2.32. The Labute approximate surface area is 130 Å². The molecule has 1 heterocycles. The first-order valence-corrected chi connectivity index (χ1v) is 7.55. The summed E-state index contributed by atoms with van der Waals surface area (Å²) in [5.74, 6) is -1.06. The molecule has 0 saturated carbocycles. The molecular weight excluding hydrogens is 290 g/mol. The molecule has 1 aliphatic heterocycles. The van der Waals surface area contributed by atoms with E-state index in [4.69, 9.17) is 14.2 Å². The van der Waals surface area contributed by atoms with Crippen LogP contribution in [0.15, 0.2) is 0 Å². The van der Waals surface area contributed by atoms with Crippen molar-refractivity contribution in [2.24, 2.45) is 0 Å². The van der Waals surface area contributed by atoms with Crippen LogP contribution in [-0.2, 0) is 23.8 Å². The van der Waals surface area contributed by atoms with Gasteiger partial charge in [-0.05, 0) is 47.5 Å². The number of hydrogen-bond acceptors (Lipinski definition) is 6. The maximum Gasteiger partial charge on any atom is 0.411 e. The van der Waals surface area contributed by atoms with Gasteiger partial charge < -0.3 is 14.2 Å². The van der Waals surface area contributed by atoms with Crippen molar-refractivity contribution in [2.75, 3.05) is 13.2 Å². The molecule has 0 aliphatic carbocycles. The van der Waals surface area contributed by atoms with Gasteiger partial charge in [-0.25, -0.2) is 14.4 Å². The lowest BCUT2D eigenvalue weighted by Gasteiger charge is -2.30. The van der Waals surface area contributed by atoms with Crippen molar-refractivity contribution in [1.29, 1.82) is 0 Å². The first kappa shape index (κ1) is 18.3. The van der Waals surface area contributed by atoms with Crippen LogP contribution in [0.1, 0.15) is 47.5 Å². The Kier molecular flexibility index (Phi) is 6.20. The molecule has 0 aromatic carbocycles. The predicted molar refractivity (Wildman–Crippen MR) is 78.1 cm³/mol. The van der Waals surface area contributed by atoms with E-state index in [1.165, 1.54) is 0 Å². The molecule has 0 bridgehead atoms. The number of rotatable bonds is 4. The van der Waals surface area contributed by atoms with Crippen LogP contribution in [0.4, 0.5) is 4.79 Å². The molecule has 1 fully saturated rings. The number of esters is 2. The molecule has 126 valence electrons. The summed E-state index contributed by atoms with van der Waals surface area (Å²) in [5, 5.41) is 0. The Hall–Kier alpha value is -1.79. The van der Waals surface area contributed by atoms with Gasteiger partial charge in [-0.3, -0.25) is 4.90 Å². The lowest BCUT2D eigenvalue weighted by molar-refractivity contribution is -0.153. The number of carbonyl (C=O) groups excluding carboxylic acids is 3. The second-order valence-electron chi connectivity index (χ2n) is 6.00. The topological polar surface area (TPSA) is 82.1 Å². The van der Waals surface area contributed by atoms with Gasteiger partial charge >= 0.3 is 18.0 Å². The van der Waals surface area contributed by atoms with Gasteiger partial charge in [-0.2, -0.15) is 0 Å². The Balaban J connectivity index is 2.97. The highest BCUT2D eigenvalue weighted by atomic mass is 16.6. The minimum Gasteiger partial charge on any atom is -0.464 e. The van der Waals surface area contributed by atoms with E-state index in [1.807, 2.05) is 0 Å². The lowest BCUT2D eigenvalue weighted by atomic mass is 10.2. The third-order valence-electron chi connectivity index (χ3n) is 3.11. The van der Waals surface area contributed by atoms with E-state index in [2.05, 4.69) is 0 Å². The van der Waals surface area contributed by atoms with Gasteiger partial charge in [0.25, 0.3) is 0 Å². The van der Waals surface area contributed by atoms with Gasteiger partial charge in [-0.1, -0.05) is 0 Å². The Bertz CT molecular complexity index is 402. The zero-order chi connectivity index (χ0) is 16.9. The number of likely N-dealkylation sites (tertiary alicyclic amines) is 1. The predicted octanol–water partition coefficient (Wildman–Crippen LogP) is 1.88. The zero-order valence-electron chi connectivity index (χ0n) is 13.9.